The van der Waals surface area contributed by atoms with Gasteiger partial charge >= 0.3 is 0 Å². The molecule has 0 spiro atoms. The van der Waals surface area contributed by atoms with Crippen LogP contribution in [0, 0.1) is 6.92 Å². The van der Waals surface area contributed by atoms with Crippen LogP contribution in [0.2, 0.25) is 0 Å². The van der Waals surface area contributed by atoms with Crippen LogP contribution in [0.15, 0.2) is 48.5 Å². The summed E-state index contributed by atoms with van der Waals surface area (Å²) >= 11 is 0. The predicted octanol–water partition coefficient (Wildman–Crippen LogP) is 3.22. The lowest BCUT2D eigenvalue weighted by Gasteiger charge is -2.12. The smallest absolute Gasteiger partial charge is 0.255 e. The van der Waals surface area contributed by atoms with E-state index >= 15 is 0 Å². The number of benzene rings is 2. The summed E-state index contributed by atoms with van der Waals surface area (Å²) in [7, 11) is 4.09. The van der Waals surface area contributed by atoms with E-state index in [9.17, 15) is 4.79 Å². The van der Waals surface area contributed by atoms with Gasteiger partial charge in [0.1, 0.15) is 0 Å². The van der Waals surface area contributed by atoms with Gasteiger partial charge in [-0.3, -0.25) is 4.79 Å². The molecule has 0 saturated carbocycles. The third-order valence-corrected chi connectivity index (χ3v) is 3.34. The molecule has 0 aliphatic carbocycles. The van der Waals surface area contributed by atoms with Crippen LogP contribution in [0.4, 0.5) is 11.4 Å². The summed E-state index contributed by atoms with van der Waals surface area (Å²) in [4.78, 5) is 14.3. The number of carbonyl (C=O) groups is 1. The zero-order valence-corrected chi connectivity index (χ0v) is 13.4. The summed E-state index contributed by atoms with van der Waals surface area (Å²) in [6, 6.07) is 15.3. The van der Waals surface area contributed by atoms with E-state index in [-0.39, 0.29) is 5.91 Å². The maximum absolute atomic E-state index is 12.1. The highest BCUT2D eigenvalue weighted by Gasteiger charge is 2.05. The molecule has 2 aromatic carbocycles. The van der Waals surface area contributed by atoms with Crippen molar-refractivity contribution in [3.05, 3.63) is 59.7 Å². The van der Waals surface area contributed by atoms with Crippen LogP contribution in [-0.4, -0.2) is 38.0 Å². The number of aryl methyl sites for hydroxylation is 1. The second-order valence-corrected chi connectivity index (χ2v) is 5.63. The minimum absolute atomic E-state index is 0.0895. The van der Waals surface area contributed by atoms with Gasteiger partial charge < -0.3 is 15.5 Å². The summed E-state index contributed by atoms with van der Waals surface area (Å²) < 4.78 is 0. The molecule has 0 bridgehead atoms. The van der Waals surface area contributed by atoms with E-state index in [1.165, 1.54) is 0 Å². The Morgan fingerprint density at radius 1 is 0.955 bits per heavy atom. The Labute approximate surface area is 132 Å². The highest BCUT2D eigenvalue weighted by Crippen LogP contribution is 2.14. The second kappa shape index (κ2) is 7.61. The summed E-state index contributed by atoms with van der Waals surface area (Å²) in [5.41, 5.74) is 3.66. The minimum atomic E-state index is -0.0895. The van der Waals surface area contributed by atoms with Crippen LogP contribution in [0.1, 0.15) is 15.9 Å². The van der Waals surface area contributed by atoms with Gasteiger partial charge in [0.2, 0.25) is 0 Å². The molecule has 0 aliphatic rings. The monoisotopic (exact) mass is 297 g/mol. The molecule has 1 amide bonds. The maximum atomic E-state index is 12.1. The molecule has 0 aliphatic heterocycles. The maximum Gasteiger partial charge on any atom is 0.255 e. The van der Waals surface area contributed by atoms with Crippen LogP contribution >= 0.6 is 0 Å². The zero-order valence-electron chi connectivity index (χ0n) is 13.4. The number of amides is 1. The Kier molecular flexibility index (Phi) is 5.55. The lowest BCUT2D eigenvalue weighted by molar-refractivity contribution is 0.102. The third-order valence-electron chi connectivity index (χ3n) is 3.34. The fourth-order valence-corrected chi connectivity index (χ4v) is 2.00. The number of carbonyl (C=O) groups excluding carboxylic acids is 1. The van der Waals surface area contributed by atoms with Gasteiger partial charge in [0.05, 0.1) is 0 Å². The van der Waals surface area contributed by atoms with Gasteiger partial charge in [0.15, 0.2) is 0 Å². The second-order valence-electron chi connectivity index (χ2n) is 5.63. The first kappa shape index (κ1) is 16.0. The topological polar surface area (TPSA) is 44.4 Å². The number of hydrogen-bond donors (Lipinski definition) is 2. The lowest BCUT2D eigenvalue weighted by atomic mass is 10.1. The van der Waals surface area contributed by atoms with Gasteiger partial charge in [0, 0.05) is 30.0 Å². The van der Waals surface area contributed by atoms with Crippen molar-refractivity contribution in [3.8, 4) is 0 Å². The van der Waals surface area contributed by atoms with Gasteiger partial charge in [-0.1, -0.05) is 17.7 Å². The molecule has 2 N–H and O–H groups in total. The molecule has 2 aromatic rings. The predicted molar refractivity (Wildman–Crippen MR) is 92.6 cm³/mol. The summed E-state index contributed by atoms with van der Waals surface area (Å²) in [6.07, 6.45) is 0. The first-order valence-electron chi connectivity index (χ1n) is 7.41. The van der Waals surface area contributed by atoms with E-state index in [1.54, 1.807) is 0 Å². The Balaban J connectivity index is 1.90. The molecule has 0 atom stereocenters. The number of nitrogens with one attached hydrogen (secondary N) is 2. The zero-order chi connectivity index (χ0) is 15.9. The number of rotatable bonds is 6. The molecule has 0 saturated heterocycles. The quantitative estimate of drug-likeness (QED) is 0.860. The van der Waals surface area contributed by atoms with Gasteiger partial charge in [-0.15, -0.1) is 0 Å². The van der Waals surface area contributed by atoms with Crippen molar-refractivity contribution in [3.63, 3.8) is 0 Å². The lowest BCUT2D eigenvalue weighted by Crippen LogP contribution is -2.20. The van der Waals surface area contributed by atoms with Crippen molar-refractivity contribution in [1.29, 1.82) is 0 Å². The first-order chi connectivity index (χ1) is 10.5. The highest BCUT2D eigenvalue weighted by molar-refractivity contribution is 6.04. The molecular weight excluding hydrogens is 274 g/mol. The van der Waals surface area contributed by atoms with E-state index in [0.29, 0.717) is 5.56 Å². The van der Waals surface area contributed by atoms with Crippen molar-refractivity contribution in [1.82, 2.24) is 4.90 Å². The molecule has 0 radical (unpaired) electrons. The SMILES string of the molecule is Cc1ccc(C(=O)Nc2ccc(NCCN(C)C)cc2)cc1. The molecule has 0 heterocycles. The van der Waals surface area contributed by atoms with E-state index < -0.39 is 0 Å². The van der Waals surface area contributed by atoms with Crippen LogP contribution in [0.25, 0.3) is 0 Å². The van der Waals surface area contributed by atoms with E-state index in [0.717, 1.165) is 30.0 Å². The van der Waals surface area contributed by atoms with Crippen molar-refractivity contribution < 1.29 is 4.79 Å². The van der Waals surface area contributed by atoms with Crippen molar-refractivity contribution in [2.75, 3.05) is 37.8 Å². The Morgan fingerprint density at radius 2 is 1.55 bits per heavy atom. The first-order valence-corrected chi connectivity index (χ1v) is 7.41. The summed E-state index contributed by atoms with van der Waals surface area (Å²) in [6.45, 7) is 3.87. The number of hydrogen-bond acceptors (Lipinski definition) is 3. The summed E-state index contributed by atoms with van der Waals surface area (Å²) in [5, 5.41) is 6.24. The molecule has 0 unspecified atom stereocenters. The van der Waals surface area contributed by atoms with E-state index in [4.69, 9.17) is 0 Å². The number of likely N-dealkylation sites (N-methyl/N-ethyl adjacent to an activating group) is 1. The van der Waals surface area contributed by atoms with Crippen LogP contribution in [-0.2, 0) is 0 Å². The van der Waals surface area contributed by atoms with Gasteiger partial charge in [0.25, 0.3) is 5.91 Å². The molecule has 22 heavy (non-hydrogen) atoms. The third kappa shape index (κ3) is 4.90. The number of anilines is 2. The molecule has 4 nitrogen and oxygen atoms in total. The fraction of sp³-hybridized carbons (Fsp3) is 0.278. The molecule has 0 fully saturated rings. The molecule has 4 heteroatoms. The molecular formula is C18H23N3O. The Morgan fingerprint density at radius 3 is 2.14 bits per heavy atom. The normalized spacial score (nSPS) is 10.5. The van der Waals surface area contributed by atoms with Crippen molar-refractivity contribution in [2.24, 2.45) is 0 Å². The van der Waals surface area contributed by atoms with E-state index in [1.807, 2.05) is 69.6 Å². The van der Waals surface area contributed by atoms with Crippen LogP contribution in [0.5, 0.6) is 0 Å². The minimum Gasteiger partial charge on any atom is -0.384 e. The average molecular weight is 297 g/mol. The van der Waals surface area contributed by atoms with Gasteiger partial charge in [-0.05, 0) is 57.4 Å². The summed E-state index contributed by atoms with van der Waals surface area (Å²) in [5.74, 6) is -0.0895. The average Bonchev–Trinajstić information content (AvgIpc) is 2.49. The van der Waals surface area contributed by atoms with E-state index in [2.05, 4.69) is 15.5 Å². The van der Waals surface area contributed by atoms with Gasteiger partial charge in [-0.25, -0.2) is 0 Å². The number of nitrogens with zero attached hydrogens (tertiary/aromatic N) is 1. The molecule has 2 rings (SSSR count). The highest BCUT2D eigenvalue weighted by atomic mass is 16.1. The molecule has 0 aromatic heterocycles. The molecule has 116 valence electrons. The van der Waals surface area contributed by atoms with Crippen molar-refractivity contribution >= 4 is 17.3 Å². The fourth-order valence-electron chi connectivity index (χ4n) is 2.00. The largest absolute Gasteiger partial charge is 0.384 e. The van der Waals surface area contributed by atoms with Crippen LogP contribution in [0.3, 0.4) is 0 Å². The standard InChI is InChI=1S/C18H23N3O/c1-14-4-6-15(7-5-14)18(22)20-17-10-8-16(9-11-17)19-12-13-21(2)3/h4-11,19H,12-13H2,1-3H3,(H,20,22). The van der Waals surface area contributed by atoms with Crippen molar-refractivity contribution in [2.45, 2.75) is 6.92 Å². The van der Waals surface area contributed by atoms with Gasteiger partial charge in [-0.2, -0.15) is 0 Å². The Bertz CT molecular complexity index is 603. The van der Waals surface area contributed by atoms with Crippen LogP contribution < -0.4 is 10.6 Å². The Hall–Kier alpha value is -2.33.